The average molecular weight is 153 g/mol. The third kappa shape index (κ3) is 1.70. The van der Waals surface area contributed by atoms with Gasteiger partial charge < -0.3 is 4.74 Å². The zero-order valence-corrected chi connectivity index (χ0v) is 6.99. The van der Waals surface area contributed by atoms with Gasteiger partial charge in [-0.3, -0.25) is 4.90 Å². The molecule has 0 aliphatic carbocycles. The molecule has 62 valence electrons. The van der Waals surface area contributed by atoms with Gasteiger partial charge in [-0.1, -0.05) is 12.2 Å². The summed E-state index contributed by atoms with van der Waals surface area (Å²) >= 11 is 0. The molecular formula is C9H15NO. The lowest BCUT2D eigenvalue weighted by atomic mass is 10.1. The van der Waals surface area contributed by atoms with Gasteiger partial charge in [0.25, 0.3) is 0 Å². The zero-order chi connectivity index (χ0) is 8.27. The molecule has 2 heteroatoms. The summed E-state index contributed by atoms with van der Waals surface area (Å²) < 4.78 is 5.47. The smallest absolute Gasteiger partial charge is 0.0944 e. The summed E-state index contributed by atoms with van der Waals surface area (Å²) in [4.78, 5) is 2.23. The number of likely N-dealkylation sites (N-methyl/N-ethyl adjacent to an activating group) is 1. The summed E-state index contributed by atoms with van der Waals surface area (Å²) in [6.45, 7) is 9.24. The summed E-state index contributed by atoms with van der Waals surface area (Å²) in [5.41, 5.74) is 0. The van der Waals surface area contributed by atoms with E-state index < -0.39 is 0 Å². The molecule has 1 rings (SSSR count). The molecule has 2 nitrogen and oxygen atoms in total. The second-order valence-corrected chi connectivity index (χ2v) is 2.78. The standard InChI is InChI=1S/C9H15NO/c1-4-8-9(5-2)11-7-6-10(8)3/h4-5,8-9H,1-2,6-7H2,3H3/t8-,9+/m0/s1. The Morgan fingerprint density at radius 3 is 2.64 bits per heavy atom. The maximum Gasteiger partial charge on any atom is 0.0944 e. The summed E-state index contributed by atoms with van der Waals surface area (Å²) in [5, 5.41) is 0. The maximum absolute atomic E-state index is 5.47. The first kappa shape index (κ1) is 8.50. The SMILES string of the molecule is C=C[C@H]1OCCN(C)[C@H]1C=C. The fourth-order valence-corrected chi connectivity index (χ4v) is 1.35. The van der Waals surface area contributed by atoms with E-state index in [0.717, 1.165) is 13.2 Å². The van der Waals surface area contributed by atoms with Gasteiger partial charge in [-0.2, -0.15) is 0 Å². The van der Waals surface area contributed by atoms with Gasteiger partial charge in [-0.05, 0) is 7.05 Å². The fourth-order valence-electron chi connectivity index (χ4n) is 1.35. The van der Waals surface area contributed by atoms with E-state index in [9.17, 15) is 0 Å². The zero-order valence-electron chi connectivity index (χ0n) is 6.99. The molecule has 1 saturated heterocycles. The first-order chi connectivity index (χ1) is 5.29. The van der Waals surface area contributed by atoms with E-state index in [-0.39, 0.29) is 6.10 Å². The second-order valence-electron chi connectivity index (χ2n) is 2.78. The van der Waals surface area contributed by atoms with Crippen LogP contribution in [0.25, 0.3) is 0 Å². The van der Waals surface area contributed by atoms with Crippen molar-refractivity contribution >= 4 is 0 Å². The quantitative estimate of drug-likeness (QED) is 0.550. The van der Waals surface area contributed by atoms with Crippen LogP contribution in [0.4, 0.5) is 0 Å². The van der Waals surface area contributed by atoms with E-state index in [0.29, 0.717) is 6.04 Å². The number of hydrogen-bond donors (Lipinski definition) is 0. The number of nitrogens with zero attached hydrogens (tertiary/aromatic N) is 1. The lowest BCUT2D eigenvalue weighted by molar-refractivity contribution is -0.0194. The van der Waals surface area contributed by atoms with Crippen molar-refractivity contribution in [2.75, 3.05) is 20.2 Å². The van der Waals surface area contributed by atoms with E-state index in [1.54, 1.807) is 0 Å². The normalized spacial score (nSPS) is 33.2. The predicted molar refractivity (Wildman–Crippen MR) is 46.6 cm³/mol. The van der Waals surface area contributed by atoms with Crippen LogP contribution in [0, 0.1) is 0 Å². The van der Waals surface area contributed by atoms with Crippen molar-refractivity contribution in [2.24, 2.45) is 0 Å². The Bertz CT molecular complexity index is 156. The number of hydrogen-bond acceptors (Lipinski definition) is 2. The van der Waals surface area contributed by atoms with Crippen LogP contribution < -0.4 is 0 Å². The highest BCUT2D eigenvalue weighted by Crippen LogP contribution is 2.13. The molecule has 0 saturated carbocycles. The van der Waals surface area contributed by atoms with Gasteiger partial charge in [0.2, 0.25) is 0 Å². The molecular weight excluding hydrogens is 138 g/mol. The largest absolute Gasteiger partial charge is 0.371 e. The summed E-state index contributed by atoms with van der Waals surface area (Å²) in [6, 6.07) is 0.293. The van der Waals surface area contributed by atoms with E-state index >= 15 is 0 Å². The van der Waals surface area contributed by atoms with Crippen LogP contribution in [-0.4, -0.2) is 37.2 Å². The third-order valence-electron chi connectivity index (χ3n) is 2.07. The second kappa shape index (κ2) is 3.69. The molecule has 0 aromatic carbocycles. The van der Waals surface area contributed by atoms with Gasteiger partial charge in [-0.15, -0.1) is 13.2 Å². The van der Waals surface area contributed by atoms with Crippen molar-refractivity contribution in [3.8, 4) is 0 Å². The lowest BCUT2D eigenvalue weighted by Crippen LogP contribution is -2.47. The Balaban J connectivity index is 2.62. The molecule has 0 aromatic rings. The van der Waals surface area contributed by atoms with Crippen LogP contribution in [0.3, 0.4) is 0 Å². The molecule has 1 fully saturated rings. The number of rotatable bonds is 2. The molecule has 0 amide bonds. The van der Waals surface area contributed by atoms with Crippen LogP contribution in [0.15, 0.2) is 25.3 Å². The monoisotopic (exact) mass is 153 g/mol. The Hall–Kier alpha value is -0.600. The fraction of sp³-hybridized carbons (Fsp3) is 0.556. The minimum absolute atomic E-state index is 0.117. The molecule has 0 N–H and O–H groups in total. The van der Waals surface area contributed by atoms with Crippen molar-refractivity contribution in [1.82, 2.24) is 4.90 Å². The Morgan fingerprint density at radius 2 is 2.18 bits per heavy atom. The number of ether oxygens (including phenoxy) is 1. The van der Waals surface area contributed by atoms with Crippen LogP contribution in [0.1, 0.15) is 0 Å². The first-order valence-electron chi connectivity index (χ1n) is 3.86. The van der Waals surface area contributed by atoms with E-state index in [2.05, 4.69) is 25.1 Å². The molecule has 0 spiro atoms. The topological polar surface area (TPSA) is 12.5 Å². The van der Waals surface area contributed by atoms with Crippen molar-refractivity contribution < 1.29 is 4.74 Å². The highest BCUT2D eigenvalue weighted by molar-refractivity contribution is 5.02. The van der Waals surface area contributed by atoms with E-state index in [1.807, 2.05) is 12.2 Å². The van der Waals surface area contributed by atoms with Crippen molar-refractivity contribution in [2.45, 2.75) is 12.1 Å². The van der Waals surface area contributed by atoms with Crippen molar-refractivity contribution in [3.63, 3.8) is 0 Å². The summed E-state index contributed by atoms with van der Waals surface area (Å²) in [5.74, 6) is 0. The van der Waals surface area contributed by atoms with Crippen LogP contribution in [-0.2, 0) is 4.74 Å². The molecule has 2 atom stereocenters. The Kier molecular flexibility index (Phi) is 2.85. The lowest BCUT2D eigenvalue weighted by Gasteiger charge is -2.35. The van der Waals surface area contributed by atoms with Gasteiger partial charge in [0, 0.05) is 6.54 Å². The van der Waals surface area contributed by atoms with Gasteiger partial charge in [-0.25, -0.2) is 0 Å². The van der Waals surface area contributed by atoms with Crippen LogP contribution >= 0.6 is 0 Å². The minimum Gasteiger partial charge on any atom is -0.371 e. The highest BCUT2D eigenvalue weighted by Gasteiger charge is 2.24. The van der Waals surface area contributed by atoms with Gasteiger partial charge in [0.05, 0.1) is 18.8 Å². The van der Waals surface area contributed by atoms with Gasteiger partial charge in [0.1, 0.15) is 0 Å². The molecule has 0 radical (unpaired) electrons. The molecule has 11 heavy (non-hydrogen) atoms. The average Bonchev–Trinajstić information content (AvgIpc) is 2.04. The van der Waals surface area contributed by atoms with Crippen molar-refractivity contribution in [3.05, 3.63) is 25.3 Å². The van der Waals surface area contributed by atoms with E-state index in [4.69, 9.17) is 4.74 Å². The number of morpholine rings is 1. The summed E-state index contributed by atoms with van der Waals surface area (Å²) in [7, 11) is 2.07. The Morgan fingerprint density at radius 1 is 1.45 bits per heavy atom. The first-order valence-corrected chi connectivity index (χ1v) is 3.86. The highest BCUT2D eigenvalue weighted by atomic mass is 16.5. The summed E-state index contributed by atoms with van der Waals surface area (Å²) in [6.07, 6.45) is 3.86. The van der Waals surface area contributed by atoms with E-state index in [1.165, 1.54) is 0 Å². The van der Waals surface area contributed by atoms with Gasteiger partial charge >= 0.3 is 0 Å². The molecule has 0 bridgehead atoms. The van der Waals surface area contributed by atoms with Crippen LogP contribution in [0.2, 0.25) is 0 Å². The maximum atomic E-state index is 5.47. The predicted octanol–water partition coefficient (Wildman–Crippen LogP) is 1.06. The molecule has 1 aliphatic rings. The molecule has 1 heterocycles. The molecule has 1 aliphatic heterocycles. The third-order valence-corrected chi connectivity index (χ3v) is 2.07. The van der Waals surface area contributed by atoms with Crippen LogP contribution in [0.5, 0.6) is 0 Å². The minimum atomic E-state index is 0.117. The van der Waals surface area contributed by atoms with Gasteiger partial charge in [0.15, 0.2) is 0 Å². The van der Waals surface area contributed by atoms with Crippen molar-refractivity contribution in [1.29, 1.82) is 0 Å². The Labute approximate surface area is 68.1 Å². The molecule has 0 aromatic heterocycles. The molecule has 0 unspecified atom stereocenters.